The number of nitro groups is 1. The molecule has 3 aromatic rings. The van der Waals surface area contributed by atoms with Gasteiger partial charge in [-0.1, -0.05) is 12.1 Å². The average Bonchev–Trinajstić information content (AvgIpc) is 2.86. The van der Waals surface area contributed by atoms with Gasteiger partial charge >= 0.3 is 12.1 Å². The largest absolute Gasteiger partial charge is 0.497 e. The minimum absolute atomic E-state index is 0.0623. The number of anilines is 3. The van der Waals surface area contributed by atoms with Gasteiger partial charge in [-0.3, -0.25) is 15.0 Å². The molecule has 11 heteroatoms. The maximum Gasteiger partial charge on any atom is 0.326 e. The van der Waals surface area contributed by atoms with Gasteiger partial charge in [0.1, 0.15) is 11.6 Å². The zero-order valence-electron chi connectivity index (χ0n) is 18.9. The second-order valence-electron chi connectivity index (χ2n) is 7.30. The molecular formula is C24H24FN5O5. The molecule has 0 saturated carbocycles. The van der Waals surface area contributed by atoms with Crippen LogP contribution in [0.3, 0.4) is 0 Å². The van der Waals surface area contributed by atoms with Crippen molar-refractivity contribution in [3.05, 3.63) is 88.7 Å². The number of non-ortho nitro benzene ring substituents is 1. The topological polar surface area (TPSA) is 126 Å². The Morgan fingerprint density at radius 1 is 1.00 bits per heavy atom. The summed E-state index contributed by atoms with van der Waals surface area (Å²) >= 11 is 0. The minimum Gasteiger partial charge on any atom is -0.497 e. The standard InChI is InChI=1S/C24H24FN5O5/c1-35-20-13-11-18(12-14-20)29(24(32)27-17-7-9-19(10-8-17)30(33)34)16-4-15-26-23(31)28-22-6-3-2-5-21(22)25/h2-3,5-14H,4,15-16H2,1H3,(H,27,32)(H2,26,28,31). The van der Waals surface area contributed by atoms with Crippen LogP contribution in [0.25, 0.3) is 0 Å². The van der Waals surface area contributed by atoms with E-state index in [0.717, 1.165) is 0 Å². The molecule has 0 aliphatic carbocycles. The third-order valence-corrected chi connectivity index (χ3v) is 4.92. The summed E-state index contributed by atoms with van der Waals surface area (Å²) in [6.07, 6.45) is 0.393. The monoisotopic (exact) mass is 481 g/mol. The van der Waals surface area contributed by atoms with Gasteiger partial charge in [-0.25, -0.2) is 14.0 Å². The van der Waals surface area contributed by atoms with Crippen molar-refractivity contribution in [3.8, 4) is 5.75 Å². The predicted octanol–water partition coefficient (Wildman–Crippen LogP) is 4.99. The first-order valence-corrected chi connectivity index (χ1v) is 10.6. The summed E-state index contributed by atoms with van der Waals surface area (Å²) in [7, 11) is 1.53. The number of amides is 4. The number of hydrogen-bond acceptors (Lipinski definition) is 5. The molecule has 0 radical (unpaired) electrons. The molecule has 10 nitrogen and oxygen atoms in total. The Bertz CT molecular complexity index is 1170. The van der Waals surface area contributed by atoms with Gasteiger partial charge in [-0.2, -0.15) is 0 Å². The predicted molar refractivity (Wildman–Crippen MR) is 130 cm³/mol. The van der Waals surface area contributed by atoms with Crippen molar-refractivity contribution in [1.29, 1.82) is 0 Å². The van der Waals surface area contributed by atoms with Gasteiger partial charge in [0, 0.05) is 36.6 Å². The molecule has 0 saturated heterocycles. The number of ether oxygens (including phenoxy) is 1. The Morgan fingerprint density at radius 3 is 2.31 bits per heavy atom. The number of hydrogen-bond donors (Lipinski definition) is 3. The first-order valence-electron chi connectivity index (χ1n) is 10.6. The Balaban J connectivity index is 1.61. The zero-order chi connectivity index (χ0) is 25.2. The number of nitrogens with one attached hydrogen (secondary N) is 3. The number of carbonyl (C=O) groups excluding carboxylic acids is 2. The molecule has 0 heterocycles. The Hall–Kier alpha value is -4.67. The van der Waals surface area contributed by atoms with Crippen molar-refractivity contribution in [2.24, 2.45) is 0 Å². The van der Waals surface area contributed by atoms with E-state index in [1.165, 1.54) is 54.5 Å². The minimum atomic E-state index is -0.568. The summed E-state index contributed by atoms with van der Waals surface area (Å²) in [5.74, 6) is 0.0761. The van der Waals surface area contributed by atoms with Crippen molar-refractivity contribution in [1.82, 2.24) is 5.32 Å². The number of rotatable bonds is 9. The zero-order valence-corrected chi connectivity index (χ0v) is 18.9. The number of carbonyl (C=O) groups is 2. The van der Waals surface area contributed by atoms with Crippen LogP contribution in [0, 0.1) is 15.9 Å². The highest BCUT2D eigenvalue weighted by Crippen LogP contribution is 2.22. The summed E-state index contributed by atoms with van der Waals surface area (Å²) in [6, 6.07) is 17.1. The molecule has 3 N–H and O–H groups in total. The van der Waals surface area contributed by atoms with E-state index >= 15 is 0 Å². The van der Waals surface area contributed by atoms with Crippen molar-refractivity contribution >= 4 is 34.8 Å². The van der Waals surface area contributed by atoms with Crippen LogP contribution in [0.15, 0.2) is 72.8 Å². The van der Waals surface area contributed by atoms with Crippen LogP contribution in [0.1, 0.15) is 6.42 Å². The molecule has 0 bridgehead atoms. The number of methoxy groups -OCH3 is 1. The fourth-order valence-electron chi connectivity index (χ4n) is 3.14. The number of nitro benzene ring substituents is 1. The number of para-hydroxylation sites is 1. The molecule has 4 amide bonds. The molecule has 0 unspecified atom stereocenters. The maximum absolute atomic E-state index is 13.7. The lowest BCUT2D eigenvalue weighted by atomic mass is 10.2. The van der Waals surface area contributed by atoms with E-state index in [4.69, 9.17) is 4.74 Å². The van der Waals surface area contributed by atoms with E-state index in [0.29, 0.717) is 23.5 Å². The molecule has 3 aromatic carbocycles. The van der Waals surface area contributed by atoms with E-state index in [1.54, 1.807) is 30.3 Å². The summed E-state index contributed by atoms with van der Waals surface area (Å²) < 4.78 is 18.8. The highest BCUT2D eigenvalue weighted by molar-refractivity contribution is 6.01. The van der Waals surface area contributed by atoms with Crippen LogP contribution in [0.4, 0.5) is 36.7 Å². The van der Waals surface area contributed by atoms with E-state index < -0.39 is 22.8 Å². The quantitative estimate of drug-likeness (QED) is 0.225. The van der Waals surface area contributed by atoms with Gasteiger partial charge in [-0.05, 0) is 55.0 Å². The highest BCUT2D eigenvalue weighted by atomic mass is 19.1. The highest BCUT2D eigenvalue weighted by Gasteiger charge is 2.17. The molecule has 35 heavy (non-hydrogen) atoms. The van der Waals surface area contributed by atoms with E-state index in [-0.39, 0.29) is 24.5 Å². The van der Waals surface area contributed by atoms with Crippen molar-refractivity contribution < 1.29 is 23.6 Å². The molecular weight excluding hydrogens is 457 g/mol. The van der Waals surface area contributed by atoms with Crippen LogP contribution < -0.4 is 25.6 Å². The molecule has 0 atom stereocenters. The van der Waals surface area contributed by atoms with Crippen molar-refractivity contribution in [3.63, 3.8) is 0 Å². The third kappa shape index (κ3) is 7.16. The molecule has 3 rings (SSSR count). The fourth-order valence-corrected chi connectivity index (χ4v) is 3.14. The van der Waals surface area contributed by atoms with Crippen LogP contribution in [0.5, 0.6) is 5.75 Å². The van der Waals surface area contributed by atoms with Crippen LogP contribution in [-0.2, 0) is 0 Å². The molecule has 0 aromatic heterocycles. The van der Waals surface area contributed by atoms with Gasteiger partial charge in [-0.15, -0.1) is 0 Å². The van der Waals surface area contributed by atoms with Gasteiger partial charge < -0.3 is 20.7 Å². The maximum atomic E-state index is 13.7. The van der Waals surface area contributed by atoms with Crippen molar-refractivity contribution in [2.45, 2.75) is 6.42 Å². The average molecular weight is 481 g/mol. The SMILES string of the molecule is COc1ccc(N(CCCNC(=O)Nc2ccccc2F)C(=O)Nc2ccc([N+](=O)[O-])cc2)cc1. The summed E-state index contributed by atoms with van der Waals surface area (Å²) in [5, 5.41) is 18.6. The Morgan fingerprint density at radius 2 is 1.69 bits per heavy atom. The third-order valence-electron chi connectivity index (χ3n) is 4.92. The molecule has 0 spiro atoms. The van der Waals surface area contributed by atoms with E-state index in [2.05, 4.69) is 16.0 Å². The second-order valence-corrected chi connectivity index (χ2v) is 7.30. The number of benzene rings is 3. The van der Waals surface area contributed by atoms with Gasteiger partial charge in [0.2, 0.25) is 0 Å². The normalized spacial score (nSPS) is 10.2. The lowest BCUT2D eigenvalue weighted by Gasteiger charge is -2.23. The Labute approximate surface area is 200 Å². The number of halogens is 1. The summed E-state index contributed by atoms with van der Waals surface area (Å²) in [4.78, 5) is 36.8. The fraction of sp³-hybridized carbons (Fsp3) is 0.167. The van der Waals surface area contributed by atoms with Gasteiger partial charge in [0.05, 0.1) is 17.7 Å². The molecule has 0 fully saturated rings. The second kappa shape index (κ2) is 12.0. The first-order chi connectivity index (χ1) is 16.9. The van der Waals surface area contributed by atoms with E-state index in [1.807, 2.05) is 0 Å². The number of urea groups is 2. The van der Waals surface area contributed by atoms with Crippen LogP contribution in [0.2, 0.25) is 0 Å². The molecule has 0 aliphatic rings. The van der Waals surface area contributed by atoms with Crippen LogP contribution >= 0.6 is 0 Å². The van der Waals surface area contributed by atoms with Gasteiger partial charge in [0.15, 0.2) is 0 Å². The number of nitrogens with zero attached hydrogens (tertiary/aromatic N) is 2. The van der Waals surface area contributed by atoms with Crippen LogP contribution in [-0.4, -0.2) is 37.2 Å². The summed E-state index contributed by atoms with van der Waals surface area (Å²) in [5.41, 5.74) is 0.949. The first kappa shape index (κ1) is 25.0. The lowest BCUT2D eigenvalue weighted by molar-refractivity contribution is -0.384. The lowest BCUT2D eigenvalue weighted by Crippen LogP contribution is -2.38. The van der Waals surface area contributed by atoms with E-state index in [9.17, 15) is 24.1 Å². The molecule has 0 aliphatic heterocycles. The van der Waals surface area contributed by atoms with Gasteiger partial charge in [0.25, 0.3) is 5.69 Å². The smallest absolute Gasteiger partial charge is 0.326 e. The van der Waals surface area contributed by atoms with Crippen molar-refractivity contribution in [2.75, 3.05) is 35.7 Å². The molecule has 182 valence electrons. The Kier molecular flexibility index (Phi) is 8.54. The summed E-state index contributed by atoms with van der Waals surface area (Å²) in [6.45, 7) is 0.461.